The Balaban J connectivity index is 1.54. The molecule has 3 aromatic rings. The summed E-state index contributed by atoms with van der Waals surface area (Å²) in [4.78, 5) is 8.26. The molecule has 0 saturated carbocycles. The molecule has 4 heterocycles. The number of hydrogen-bond donors (Lipinski definition) is 2. The molecular formula is C20H21N3O6. The Morgan fingerprint density at radius 1 is 1.28 bits per heavy atom. The number of aliphatic hydroxyl groups excluding tert-OH is 1. The van der Waals surface area contributed by atoms with E-state index in [9.17, 15) is 5.11 Å². The molecule has 2 aromatic heterocycles. The van der Waals surface area contributed by atoms with Crippen LogP contribution in [0.3, 0.4) is 0 Å². The Kier molecular flexibility index (Phi) is 4.21. The summed E-state index contributed by atoms with van der Waals surface area (Å²) in [5, 5.41) is 9.89. The van der Waals surface area contributed by atoms with Gasteiger partial charge in [0, 0.05) is 11.1 Å². The van der Waals surface area contributed by atoms with E-state index in [-0.39, 0.29) is 12.4 Å². The number of methoxy groups -OCH3 is 1. The summed E-state index contributed by atoms with van der Waals surface area (Å²) < 4.78 is 29.6. The number of nitrogen functional groups attached to an aromatic ring is 1. The molecule has 0 amide bonds. The predicted octanol–water partition coefficient (Wildman–Crippen LogP) is 2.12. The number of aromatic nitrogens is 2. The summed E-state index contributed by atoms with van der Waals surface area (Å²) in [7, 11) is 1.61. The van der Waals surface area contributed by atoms with E-state index in [1.54, 1.807) is 13.4 Å². The van der Waals surface area contributed by atoms with Crippen LogP contribution in [-0.2, 0) is 14.2 Å². The van der Waals surface area contributed by atoms with Gasteiger partial charge in [-0.1, -0.05) is 12.1 Å². The van der Waals surface area contributed by atoms with Crippen molar-refractivity contribution in [2.75, 3.05) is 19.5 Å². The summed E-state index contributed by atoms with van der Waals surface area (Å²) in [6, 6.07) is 7.49. The lowest BCUT2D eigenvalue weighted by Gasteiger charge is -2.27. The Bertz CT molecular complexity index is 1060. The molecule has 2 aliphatic rings. The molecule has 1 aromatic carbocycles. The zero-order valence-corrected chi connectivity index (χ0v) is 15.9. The molecule has 5 rings (SSSR count). The highest BCUT2D eigenvalue weighted by Crippen LogP contribution is 2.54. The lowest BCUT2D eigenvalue weighted by molar-refractivity contribution is -0.157. The van der Waals surface area contributed by atoms with Crippen molar-refractivity contribution in [2.24, 2.45) is 0 Å². The van der Waals surface area contributed by atoms with Crippen LogP contribution in [0.1, 0.15) is 30.4 Å². The maximum Gasteiger partial charge on any atom is 0.194 e. The molecule has 2 saturated heterocycles. The van der Waals surface area contributed by atoms with Gasteiger partial charge in [-0.2, -0.15) is 0 Å². The molecule has 0 bridgehead atoms. The van der Waals surface area contributed by atoms with Crippen molar-refractivity contribution in [3.63, 3.8) is 0 Å². The molecule has 3 N–H and O–H groups in total. The van der Waals surface area contributed by atoms with Crippen LogP contribution >= 0.6 is 0 Å². The summed E-state index contributed by atoms with van der Waals surface area (Å²) in [5.74, 6) is 0.953. The minimum Gasteiger partial charge on any atom is -0.497 e. The number of ether oxygens (including phenoxy) is 4. The first kappa shape index (κ1) is 18.3. The van der Waals surface area contributed by atoms with Crippen molar-refractivity contribution in [1.82, 2.24) is 9.97 Å². The van der Waals surface area contributed by atoms with Crippen LogP contribution in [0.5, 0.6) is 5.75 Å². The second kappa shape index (κ2) is 6.67. The number of rotatable bonds is 4. The first-order valence-corrected chi connectivity index (χ1v) is 9.26. The maximum absolute atomic E-state index is 9.89. The molecule has 9 nitrogen and oxygen atoms in total. The van der Waals surface area contributed by atoms with Crippen molar-refractivity contribution in [2.45, 2.75) is 37.1 Å². The zero-order chi connectivity index (χ0) is 20.2. The Hall–Kier alpha value is -2.72. The molecule has 5 atom stereocenters. The predicted molar refractivity (Wildman–Crippen MR) is 101 cm³/mol. The van der Waals surface area contributed by atoms with Gasteiger partial charge >= 0.3 is 0 Å². The number of nitrogens with two attached hydrogens (primary N) is 1. The van der Waals surface area contributed by atoms with Crippen LogP contribution in [0.25, 0.3) is 11.1 Å². The monoisotopic (exact) mass is 399 g/mol. The number of hydrogen-bond acceptors (Lipinski definition) is 9. The molecule has 0 aliphatic carbocycles. The van der Waals surface area contributed by atoms with Crippen molar-refractivity contribution in [3.8, 4) is 5.75 Å². The molecule has 2 fully saturated rings. The first-order valence-electron chi connectivity index (χ1n) is 9.26. The minimum atomic E-state index is -0.877. The van der Waals surface area contributed by atoms with Gasteiger partial charge in [0.2, 0.25) is 0 Å². The number of benzene rings is 1. The fourth-order valence-electron chi connectivity index (χ4n) is 4.17. The molecule has 152 valence electrons. The SMILES string of the molecule is COc1cccc(C2O[C@@H]3[C@@H](CO)O[C@@H](c4coc5c(N)ncnc45)[C@]3(C)O2)c1. The third-order valence-corrected chi connectivity index (χ3v) is 5.60. The van der Waals surface area contributed by atoms with Crippen LogP contribution in [0, 0.1) is 0 Å². The van der Waals surface area contributed by atoms with E-state index < -0.39 is 30.2 Å². The van der Waals surface area contributed by atoms with Gasteiger partial charge in [-0.05, 0) is 19.1 Å². The molecule has 0 radical (unpaired) electrons. The van der Waals surface area contributed by atoms with Gasteiger partial charge in [0.1, 0.15) is 41.5 Å². The third-order valence-electron chi connectivity index (χ3n) is 5.60. The third kappa shape index (κ3) is 2.70. The van der Waals surface area contributed by atoms with Gasteiger partial charge < -0.3 is 34.2 Å². The number of aliphatic hydroxyl groups is 1. The van der Waals surface area contributed by atoms with Crippen molar-refractivity contribution >= 4 is 16.9 Å². The van der Waals surface area contributed by atoms with E-state index in [2.05, 4.69) is 9.97 Å². The highest BCUT2D eigenvalue weighted by Gasteiger charge is 2.62. The fraction of sp³-hybridized carbons (Fsp3) is 0.400. The lowest BCUT2D eigenvalue weighted by Crippen LogP contribution is -2.40. The van der Waals surface area contributed by atoms with E-state index in [0.717, 1.165) is 5.56 Å². The van der Waals surface area contributed by atoms with Crippen LogP contribution < -0.4 is 10.5 Å². The fourth-order valence-corrected chi connectivity index (χ4v) is 4.17. The summed E-state index contributed by atoms with van der Waals surface area (Å²) in [6.07, 6.45) is 0.668. The Morgan fingerprint density at radius 2 is 2.14 bits per heavy atom. The van der Waals surface area contributed by atoms with E-state index in [1.165, 1.54) is 6.33 Å². The first-order chi connectivity index (χ1) is 14.0. The van der Waals surface area contributed by atoms with E-state index in [1.807, 2.05) is 31.2 Å². The van der Waals surface area contributed by atoms with Crippen LogP contribution in [0.4, 0.5) is 5.82 Å². The van der Waals surface area contributed by atoms with Crippen molar-refractivity contribution in [1.29, 1.82) is 0 Å². The Labute approximate surface area is 166 Å². The number of fused-ring (bicyclic) bond motifs is 2. The molecule has 2 aliphatic heterocycles. The molecule has 9 heteroatoms. The van der Waals surface area contributed by atoms with Gasteiger partial charge in [0.25, 0.3) is 0 Å². The summed E-state index contributed by atoms with van der Waals surface area (Å²) in [5.41, 5.74) is 7.45. The van der Waals surface area contributed by atoms with Gasteiger partial charge in [0.15, 0.2) is 17.7 Å². The standard InChI is InChI=1S/C20H21N3O6/c1-20-16(12-8-26-15-14(12)22-9-23-18(15)21)27-13(7-24)17(20)28-19(29-20)10-4-3-5-11(6-10)25-2/h3-6,8-9,13,16-17,19,24H,7H2,1-2H3,(H2,21,22,23)/t13-,16+,17-,19?,20+/m1/s1. The maximum atomic E-state index is 9.89. The normalized spacial score (nSPS) is 31.3. The van der Waals surface area contributed by atoms with Gasteiger partial charge in [0.05, 0.1) is 20.0 Å². The second-order valence-electron chi connectivity index (χ2n) is 7.33. The van der Waals surface area contributed by atoms with Crippen molar-refractivity contribution < 1.29 is 28.5 Å². The van der Waals surface area contributed by atoms with E-state index >= 15 is 0 Å². The quantitative estimate of drug-likeness (QED) is 0.679. The Morgan fingerprint density at radius 3 is 2.93 bits per heavy atom. The zero-order valence-electron chi connectivity index (χ0n) is 15.9. The van der Waals surface area contributed by atoms with Crippen LogP contribution in [-0.4, -0.2) is 46.6 Å². The molecule has 29 heavy (non-hydrogen) atoms. The average Bonchev–Trinajstić information content (AvgIpc) is 3.38. The van der Waals surface area contributed by atoms with E-state index in [0.29, 0.717) is 22.4 Å². The molecular weight excluding hydrogens is 378 g/mol. The number of nitrogens with zero attached hydrogens (tertiary/aromatic N) is 2. The van der Waals surface area contributed by atoms with Crippen LogP contribution in [0.2, 0.25) is 0 Å². The molecule has 1 unspecified atom stereocenters. The van der Waals surface area contributed by atoms with Gasteiger partial charge in [-0.15, -0.1) is 0 Å². The summed E-state index contributed by atoms with van der Waals surface area (Å²) in [6.45, 7) is 1.69. The number of anilines is 1. The largest absolute Gasteiger partial charge is 0.497 e. The minimum absolute atomic E-state index is 0.210. The average molecular weight is 399 g/mol. The van der Waals surface area contributed by atoms with Crippen LogP contribution in [0.15, 0.2) is 41.3 Å². The topological polar surface area (TPSA) is 122 Å². The highest BCUT2D eigenvalue weighted by molar-refractivity contribution is 5.85. The lowest BCUT2D eigenvalue weighted by atomic mass is 9.89. The smallest absolute Gasteiger partial charge is 0.194 e. The molecule has 0 spiro atoms. The van der Waals surface area contributed by atoms with Gasteiger partial charge in [-0.3, -0.25) is 0 Å². The van der Waals surface area contributed by atoms with Crippen molar-refractivity contribution in [3.05, 3.63) is 48.0 Å². The number of furan rings is 1. The second-order valence-corrected chi connectivity index (χ2v) is 7.33. The van der Waals surface area contributed by atoms with Gasteiger partial charge in [-0.25, -0.2) is 9.97 Å². The summed E-state index contributed by atoms with van der Waals surface area (Å²) >= 11 is 0. The van der Waals surface area contributed by atoms with E-state index in [4.69, 9.17) is 29.1 Å². The highest BCUT2D eigenvalue weighted by atomic mass is 16.8.